The Hall–Kier alpha value is -2.51. The molecule has 4 aromatic rings. The van der Waals surface area contributed by atoms with Gasteiger partial charge < -0.3 is 4.74 Å². The van der Waals surface area contributed by atoms with Crippen LogP contribution in [0.4, 0.5) is 0 Å². The molecule has 5 nitrogen and oxygen atoms in total. The number of rotatable bonds is 3. The third kappa shape index (κ3) is 2.43. The summed E-state index contributed by atoms with van der Waals surface area (Å²) >= 11 is 2.88. The molecule has 4 rings (SSSR count). The number of thiophene rings is 1. The largest absolute Gasteiger partial charge is 0.497 e. The van der Waals surface area contributed by atoms with Gasteiger partial charge in [-0.3, -0.25) is 4.79 Å². The van der Waals surface area contributed by atoms with Crippen LogP contribution in [-0.2, 0) is 0 Å². The van der Waals surface area contributed by atoms with Gasteiger partial charge in [0.25, 0.3) is 5.56 Å². The maximum atomic E-state index is 12.7. The fraction of sp³-hybridized carbons (Fsp3) is 0.0625. The summed E-state index contributed by atoms with van der Waals surface area (Å²) in [5, 5.41) is 10.2. The number of aromatic nitrogens is 3. The number of hydrogen-bond donors (Lipinski definition) is 0. The van der Waals surface area contributed by atoms with Gasteiger partial charge in [0.1, 0.15) is 5.75 Å². The molecule has 0 unspecified atom stereocenters. The summed E-state index contributed by atoms with van der Waals surface area (Å²) in [6.45, 7) is 0. The smallest absolute Gasteiger partial charge is 0.276 e. The highest BCUT2D eigenvalue weighted by molar-refractivity contribution is 7.15. The normalized spacial score (nSPS) is 12.1. The molecule has 23 heavy (non-hydrogen) atoms. The van der Waals surface area contributed by atoms with Gasteiger partial charge in [-0.2, -0.15) is 0 Å². The van der Waals surface area contributed by atoms with E-state index in [9.17, 15) is 4.79 Å². The van der Waals surface area contributed by atoms with Gasteiger partial charge in [-0.25, -0.2) is 4.40 Å². The zero-order valence-electron chi connectivity index (χ0n) is 12.1. The molecule has 114 valence electrons. The van der Waals surface area contributed by atoms with Crippen molar-refractivity contribution in [1.29, 1.82) is 0 Å². The van der Waals surface area contributed by atoms with E-state index in [1.54, 1.807) is 11.5 Å². The van der Waals surface area contributed by atoms with Crippen LogP contribution < -0.4 is 14.8 Å². The first kappa shape index (κ1) is 14.1. The van der Waals surface area contributed by atoms with E-state index < -0.39 is 0 Å². The second-order valence-electron chi connectivity index (χ2n) is 4.81. The third-order valence-corrected chi connectivity index (χ3v) is 5.23. The Morgan fingerprint density at radius 2 is 2.00 bits per heavy atom. The number of thiazole rings is 1. The van der Waals surface area contributed by atoms with Crippen molar-refractivity contribution in [3.05, 3.63) is 62.2 Å². The van der Waals surface area contributed by atoms with Crippen molar-refractivity contribution < 1.29 is 4.74 Å². The lowest BCUT2D eigenvalue weighted by atomic mass is 10.2. The number of methoxy groups -OCH3 is 1. The summed E-state index contributed by atoms with van der Waals surface area (Å²) < 4.78 is 7.35. The number of ether oxygens (including phenoxy) is 1. The topological polar surface area (TPSA) is 56.5 Å². The van der Waals surface area contributed by atoms with Crippen molar-refractivity contribution in [2.45, 2.75) is 0 Å². The minimum atomic E-state index is -0.0887. The summed E-state index contributed by atoms with van der Waals surface area (Å²) in [7, 11) is 1.63. The summed E-state index contributed by atoms with van der Waals surface area (Å²) in [4.78, 5) is 14.2. The average molecular weight is 341 g/mol. The highest BCUT2D eigenvalue weighted by atomic mass is 32.1. The van der Waals surface area contributed by atoms with Crippen LogP contribution in [0, 0.1) is 0 Å². The highest BCUT2D eigenvalue weighted by Gasteiger charge is 2.14. The fourth-order valence-corrected chi connectivity index (χ4v) is 3.89. The molecule has 0 atom stereocenters. The summed E-state index contributed by atoms with van der Waals surface area (Å²) in [6.07, 6.45) is 1.86. The maximum Gasteiger partial charge on any atom is 0.276 e. The second-order valence-corrected chi connectivity index (χ2v) is 6.76. The molecule has 7 heteroatoms. The Kier molecular flexibility index (Phi) is 3.44. The van der Waals surface area contributed by atoms with Gasteiger partial charge in [0.05, 0.1) is 16.5 Å². The molecule has 3 heterocycles. The zero-order valence-corrected chi connectivity index (χ0v) is 13.7. The van der Waals surface area contributed by atoms with Gasteiger partial charge >= 0.3 is 0 Å². The van der Waals surface area contributed by atoms with Crippen molar-refractivity contribution >= 4 is 33.7 Å². The van der Waals surface area contributed by atoms with Crippen LogP contribution in [0.5, 0.6) is 5.75 Å². The van der Waals surface area contributed by atoms with Crippen molar-refractivity contribution in [3.8, 4) is 16.5 Å². The maximum absolute atomic E-state index is 12.7. The van der Waals surface area contributed by atoms with Crippen LogP contribution in [0.3, 0.4) is 0 Å². The Morgan fingerprint density at radius 3 is 2.70 bits per heavy atom. The van der Waals surface area contributed by atoms with Gasteiger partial charge in [-0.1, -0.05) is 29.5 Å². The van der Waals surface area contributed by atoms with Crippen molar-refractivity contribution in [2.24, 2.45) is 0 Å². The lowest BCUT2D eigenvalue weighted by molar-refractivity contribution is 0.415. The minimum Gasteiger partial charge on any atom is -0.497 e. The number of hydrogen-bond acceptors (Lipinski definition) is 6. The van der Waals surface area contributed by atoms with Crippen molar-refractivity contribution in [3.63, 3.8) is 0 Å². The Labute approximate surface area is 139 Å². The quantitative estimate of drug-likeness (QED) is 0.574. The van der Waals surface area contributed by atoms with E-state index in [-0.39, 0.29) is 5.56 Å². The van der Waals surface area contributed by atoms with Gasteiger partial charge in [0, 0.05) is 0 Å². The second kappa shape index (κ2) is 5.60. The van der Waals surface area contributed by atoms with Crippen LogP contribution >= 0.6 is 22.7 Å². The molecule has 0 spiro atoms. The molecule has 0 amide bonds. The first-order chi connectivity index (χ1) is 11.3. The van der Waals surface area contributed by atoms with Crippen LogP contribution in [0.2, 0.25) is 0 Å². The molecule has 3 aromatic heterocycles. The first-order valence-corrected chi connectivity index (χ1v) is 8.53. The van der Waals surface area contributed by atoms with E-state index in [0.29, 0.717) is 15.3 Å². The Bertz CT molecular complexity index is 1060. The summed E-state index contributed by atoms with van der Waals surface area (Å²) in [6, 6.07) is 11.4. The van der Waals surface area contributed by atoms with Crippen LogP contribution in [0.1, 0.15) is 5.56 Å². The molecular formula is C16H11N3O2S2. The van der Waals surface area contributed by atoms with E-state index in [2.05, 4.69) is 10.2 Å². The summed E-state index contributed by atoms with van der Waals surface area (Å²) in [5.41, 5.74) is 0.854. The standard InChI is InChI=1S/C16H11N3O2S2/c1-21-11-6-4-10(5-7-11)9-13-15(20)19-14(12-3-2-8-22-12)17-18-16(19)23-13/h2-9H,1H3/b13-9-. The van der Waals surface area contributed by atoms with Gasteiger partial charge in [0.2, 0.25) is 4.96 Å². The highest BCUT2D eigenvalue weighted by Crippen LogP contribution is 2.22. The molecule has 0 N–H and O–H groups in total. The molecule has 0 bridgehead atoms. The van der Waals surface area contributed by atoms with E-state index >= 15 is 0 Å². The molecule has 0 fully saturated rings. The van der Waals surface area contributed by atoms with Crippen LogP contribution in [0.15, 0.2) is 46.6 Å². The van der Waals surface area contributed by atoms with E-state index in [0.717, 1.165) is 16.2 Å². The number of benzene rings is 1. The van der Waals surface area contributed by atoms with E-state index in [1.807, 2.05) is 47.9 Å². The van der Waals surface area contributed by atoms with E-state index in [4.69, 9.17) is 4.74 Å². The van der Waals surface area contributed by atoms with E-state index in [1.165, 1.54) is 22.7 Å². The fourth-order valence-electron chi connectivity index (χ4n) is 2.28. The van der Waals surface area contributed by atoms with Crippen LogP contribution in [-0.4, -0.2) is 21.7 Å². The molecule has 0 saturated heterocycles. The SMILES string of the molecule is COc1ccc(/C=c2\sc3nnc(-c4cccs4)n3c2=O)cc1. The molecule has 0 aliphatic heterocycles. The lowest BCUT2D eigenvalue weighted by Crippen LogP contribution is -2.23. The first-order valence-electron chi connectivity index (χ1n) is 6.84. The monoisotopic (exact) mass is 341 g/mol. The van der Waals surface area contributed by atoms with Crippen molar-refractivity contribution in [1.82, 2.24) is 14.6 Å². The van der Waals surface area contributed by atoms with Gasteiger partial charge in [-0.15, -0.1) is 21.5 Å². The average Bonchev–Trinajstić information content (AvgIpc) is 3.28. The predicted molar refractivity (Wildman–Crippen MR) is 92.2 cm³/mol. The molecule has 1 aromatic carbocycles. The molecule has 0 aliphatic carbocycles. The Balaban J connectivity index is 1.86. The van der Waals surface area contributed by atoms with Crippen molar-refractivity contribution in [2.75, 3.05) is 7.11 Å². The zero-order chi connectivity index (χ0) is 15.8. The molecular weight excluding hydrogens is 330 g/mol. The predicted octanol–water partition coefficient (Wildman–Crippen LogP) is 2.44. The molecule has 0 saturated carbocycles. The minimum absolute atomic E-state index is 0.0887. The van der Waals surface area contributed by atoms with Crippen LogP contribution in [0.25, 0.3) is 21.7 Å². The number of nitrogens with zero attached hydrogens (tertiary/aromatic N) is 3. The van der Waals surface area contributed by atoms with Gasteiger partial charge in [-0.05, 0) is 35.2 Å². The summed E-state index contributed by atoms with van der Waals surface area (Å²) in [5.74, 6) is 1.39. The van der Waals surface area contributed by atoms with Gasteiger partial charge in [0.15, 0.2) is 5.82 Å². The Morgan fingerprint density at radius 1 is 1.17 bits per heavy atom. The molecule has 0 radical (unpaired) electrons. The third-order valence-electron chi connectivity index (χ3n) is 3.40. The molecule has 0 aliphatic rings. The number of fused-ring (bicyclic) bond motifs is 1. The lowest BCUT2D eigenvalue weighted by Gasteiger charge is -1.98.